The zero-order valence-corrected chi connectivity index (χ0v) is 17.1. The topological polar surface area (TPSA) is 69.7 Å². The Labute approximate surface area is 166 Å². The Kier molecular flexibility index (Phi) is 5.89. The number of rotatable bonds is 7. The Bertz CT molecular complexity index is 844. The van der Waals surface area contributed by atoms with Crippen LogP contribution in [0.4, 0.5) is 5.69 Å². The molecular weight excluding hydrogens is 356 g/mol. The van der Waals surface area contributed by atoms with Crippen molar-refractivity contribution in [2.45, 2.75) is 45.1 Å². The average molecular weight is 384 g/mol. The van der Waals surface area contributed by atoms with Crippen molar-refractivity contribution >= 4 is 11.6 Å². The van der Waals surface area contributed by atoms with E-state index in [2.05, 4.69) is 30.2 Å². The summed E-state index contributed by atoms with van der Waals surface area (Å²) < 4.78 is 16.5. The lowest BCUT2D eigenvalue weighted by atomic mass is 9.73. The van der Waals surface area contributed by atoms with Crippen LogP contribution >= 0.6 is 0 Å². The second kappa shape index (κ2) is 8.19. The molecule has 1 saturated heterocycles. The first-order valence-electron chi connectivity index (χ1n) is 9.57. The summed E-state index contributed by atoms with van der Waals surface area (Å²) >= 11 is 0. The number of anilines is 1. The smallest absolute Gasteiger partial charge is 0.241 e. The number of hydrogen-bond acceptors (Lipinski definition) is 5. The van der Waals surface area contributed by atoms with Gasteiger partial charge >= 0.3 is 0 Å². The fourth-order valence-corrected chi connectivity index (χ4v) is 3.34. The SMILES string of the molecule is COc1ccc(NC(=O)C2(c3ccccc3C(C)C)COC2)c(OC(C)C)n1. The maximum absolute atomic E-state index is 13.4. The average Bonchev–Trinajstić information content (AvgIpc) is 2.62. The van der Waals surface area contributed by atoms with Crippen LogP contribution in [0.25, 0.3) is 0 Å². The molecule has 2 heterocycles. The van der Waals surface area contributed by atoms with E-state index in [1.54, 1.807) is 19.2 Å². The van der Waals surface area contributed by atoms with E-state index in [9.17, 15) is 4.79 Å². The number of pyridine rings is 1. The minimum Gasteiger partial charge on any atom is -0.481 e. The molecule has 3 rings (SSSR count). The normalized spacial score (nSPS) is 15.2. The fourth-order valence-electron chi connectivity index (χ4n) is 3.34. The van der Waals surface area contributed by atoms with Crippen LogP contribution in [0.5, 0.6) is 11.8 Å². The zero-order valence-electron chi connectivity index (χ0n) is 17.1. The molecule has 0 bridgehead atoms. The van der Waals surface area contributed by atoms with Crippen molar-refractivity contribution in [3.05, 3.63) is 47.5 Å². The Morgan fingerprint density at radius 2 is 1.86 bits per heavy atom. The summed E-state index contributed by atoms with van der Waals surface area (Å²) in [6.45, 7) is 8.79. The van der Waals surface area contributed by atoms with Crippen molar-refractivity contribution in [3.8, 4) is 11.8 Å². The van der Waals surface area contributed by atoms with Gasteiger partial charge in [0.1, 0.15) is 11.1 Å². The zero-order chi connectivity index (χ0) is 20.3. The number of nitrogens with zero attached hydrogens (tertiary/aromatic N) is 1. The number of benzene rings is 1. The number of methoxy groups -OCH3 is 1. The highest BCUT2D eigenvalue weighted by Crippen LogP contribution is 2.39. The highest BCUT2D eigenvalue weighted by atomic mass is 16.5. The molecular formula is C22H28N2O4. The first-order chi connectivity index (χ1) is 13.4. The van der Waals surface area contributed by atoms with E-state index >= 15 is 0 Å². The number of aromatic nitrogens is 1. The first kappa shape index (κ1) is 20.1. The summed E-state index contributed by atoms with van der Waals surface area (Å²) in [4.78, 5) is 17.7. The molecule has 1 N–H and O–H groups in total. The lowest BCUT2D eigenvalue weighted by Gasteiger charge is -2.41. The van der Waals surface area contributed by atoms with Crippen LogP contribution in [0.2, 0.25) is 0 Å². The summed E-state index contributed by atoms with van der Waals surface area (Å²) in [5, 5.41) is 3.01. The van der Waals surface area contributed by atoms with E-state index in [0.29, 0.717) is 36.6 Å². The van der Waals surface area contributed by atoms with E-state index in [1.165, 1.54) is 0 Å². The number of carbonyl (C=O) groups is 1. The molecule has 0 spiro atoms. The summed E-state index contributed by atoms with van der Waals surface area (Å²) in [5.41, 5.74) is 1.98. The van der Waals surface area contributed by atoms with Gasteiger partial charge in [-0.3, -0.25) is 4.79 Å². The van der Waals surface area contributed by atoms with Gasteiger partial charge in [-0.15, -0.1) is 0 Å². The Hall–Kier alpha value is -2.60. The van der Waals surface area contributed by atoms with Gasteiger partial charge in [-0.1, -0.05) is 38.1 Å². The van der Waals surface area contributed by atoms with Gasteiger partial charge in [-0.2, -0.15) is 4.98 Å². The molecule has 0 radical (unpaired) electrons. The molecule has 1 aliphatic rings. The Morgan fingerprint density at radius 3 is 2.43 bits per heavy atom. The molecule has 0 saturated carbocycles. The van der Waals surface area contributed by atoms with Gasteiger partial charge in [0.25, 0.3) is 0 Å². The summed E-state index contributed by atoms with van der Waals surface area (Å²) in [6, 6.07) is 11.5. The molecule has 0 unspecified atom stereocenters. The maximum atomic E-state index is 13.4. The maximum Gasteiger partial charge on any atom is 0.241 e. The van der Waals surface area contributed by atoms with Gasteiger partial charge in [0.15, 0.2) is 0 Å². The number of nitrogens with one attached hydrogen (secondary N) is 1. The Balaban J connectivity index is 1.94. The van der Waals surface area contributed by atoms with Crippen LogP contribution in [0, 0.1) is 0 Å². The van der Waals surface area contributed by atoms with Gasteiger partial charge in [-0.05, 0) is 37.0 Å². The first-order valence-corrected chi connectivity index (χ1v) is 9.57. The van der Waals surface area contributed by atoms with Crippen LogP contribution in [-0.2, 0) is 14.9 Å². The molecule has 6 heteroatoms. The third kappa shape index (κ3) is 3.83. The van der Waals surface area contributed by atoms with E-state index in [4.69, 9.17) is 14.2 Å². The van der Waals surface area contributed by atoms with Crippen molar-refractivity contribution in [3.63, 3.8) is 0 Å². The molecule has 28 heavy (non-hydrogen) atoms. The Morgan fingerprint density at radius 1 is 1.14 bits per heavy atom. The largest absolute Gasteiger partial charge is 0.481 e. The summed E-state index contributed by atoms with van der Waals surface area (Å²) in [7, 11) is 1.54. The van der Waals surface area contributed by atoms with Crippen molar-refractivity contribution in [1.29, 1.82) is 0 Å². The van der Waals surface area contributed by atoms with Crippen molar-refractivity contribution in [1.82, 2.24) is 4.98 Å². The number of amides is 1. The van der Waals surface area contributed by atoms with E-state index in [0.717, 1.165) is 11.1 Å². The monoisotopic (exact) mass is 384 g/mol. The summed E-state index contributed by atoms with van der Waals surface area (Å²) in [6.07, 6.45) is -0.0853. The number of hydrogen-bond donors (Lipinski definition) is 1. The lowest BCUT2D eigenvalue weighted by molar-refractivity contribution is -0.139. The van der Waals surface area contributed by atoms with Crippen LogP contribution in [0.3, 0.4) is 0 Å². The number of carbonyl (C=O) groups excluding carboxylic acids is 1. The van der Waals surface area contributed by atoms with E-state index in [1.807, 2.05) is 32.0 Å². The van der Waals surface area contributed by atoms with Crippen molar-refractivity contribution < 1.29 is 19.0 Å². The number of ether oxygens (including phenoxy) is 3. The molecule has 6 nitrogen and oxygen atoms in total. The molecule has 1 aromatic heterocycles. The molecule has 2 aromatic rings. The van der Waals surface area contributed by atoms with Crippen LogP contribution < -0.4 is 14.8 Å². The van der Waals surface area contributed by atoms with Gasteiger partial charge < -0.3 is 19.5 Å². The minimum absolute atomic E-state index is 0.0853. The molecule has 150 valence electrons. The van der Waals surface area contributed by atoms with Crippen LogP contribution in [0.15, 0.2) is 36.4 Å². The summed E-state index contributed by atoms with van der Waals surface area (Å²) in [5.74, 6) is 0.965. The standard InChI is InChI=1S/C22H28N2O4/c1-14(2)16-8-6-7-9-17(16)22(12-27-13-22)21(25)23-18-10-11-19(26-5)24-20(18)28-15(3)4/h6-11,14-15H,12-13H2,1-5H3,(H,23,25). The molecule has 1 amide bonds. The predicted octanol–water partition coefficient (Wildman–Crippen LogP) is 3.91. The molecule has 1 fully saturated rings. The van der Waals surface area contributed by atoms with Crippen LogP contribution in [-0.4, -0.2) is 37.3 Å². The van der Waals surface area contributed by atoms with Gasteiger partial charge in [0.2, 0.25) is 17.7 Å². The van der Waals surface area contributed by atoms with Gasteiger partial charge in [-0.25, -0.2) is 0 Å². The quantitative estimate of drug-likeness (QED) is 0.784. The molecule has 0 atom stereocenters. The van der Waals surface area contributed by atoms with Crippen LogP contribution in [0.1, 0.15) is 44.7 Å². The second-order valence-corrected chi connectivity index (χ2v) is 7.64. The van der Waals surface area contributed by atoms with E-state index < -0.39 is 5.41 Å². The third-order valence-corrected chi connectivity index (χ3v) is 4.87. The van der Waals surface area contributed by atoms with Gasteiger partial charge in [0, 0.05) is 6.07 Å². The fraction of sp³-hybridized carbons (Fsp3) is 0.455. The molecule has 1 aromatic carbocycles. The van der Waals surface area contributed by atoms with E-state index in [-0.39, 0.29) is 12.0 Å². The molecule has 0 aliphatic carbocycles. The highest BCUT2D eigenvalue weighted by Gasteiger charge is 2.49. The predicted molar refractivity (Wildman–Crippen MR) is 108 cm³/mol. The van der Waals surface area contributed by atoms with Gasteiger partial charge in [0.05, 0.1) is 26.4 Å². The van der Waals surface area contributed by atoms with Crippen molar-refractivity contribution in [2.24, 2.45) is 0 Å². The molecule has 1 aliphatic heterocycles. The second-order valence-electron chi connectivity index (χ2n) is 7.64. The third-order valence-electron chi connectivity index (χ3n) is 4.87. The minimum atomic E-state index is -0.712. The lowest BCUT2D eigenvalue weighted by Crippen LogP contribution is -2.56. The highest BCUT2D eigenvalue weighted by molar-refractivity contribution is 6.01. The van der Waals surface area contributed by atoms with Crippen molar-refractivity contribution in [2.75, 3.05) is 25.6 Å².